The summed E-state index contributed by atoms with van der Waals surface area (Å²) in [6.07, 6.45) is 2.81. The summed E-state index contributed by atoms with van der Waals surface area (Å²) in [5, 5.41) is 0. The van der Waals surface area contributed by atoms with Crippen molar-refractivity contribution in [3.05, 3.63) is 29.8 Å². The molecule has 0 radical (unpaired) electrons. The average molecular weight is 375 g/mol. The smallest absolute Gasteiger partial charge is 0.141 e. The Kier molecular flexibility index (Phi) is 7.60. The lowest BCUT2D eigenvalue weighted by Gasteiger charge is -2.42. The number of rotatable bonds is 9. The molecule has 0 spiro atoms. The van der Waals surface area contributed by atoms with Crippen molar-refractivity contribution < 1.29 is 19.1 Å². The van der Waals surface area contributed by atoms with Crippen LogP contribution in [0.3, 0.4) is 0 Å². The van der Waals surface area contributed by atoms with Gasteiger partial charge in [0.05, 0.1) is 25.2 Å². The second kappa shape index (κ2) is 9.50. The molecule has 0 unspecified atom stereocenters. The number of methoxy groups -OCH3 is 1. The first-order chi connectivity index (χ1) is 12.8. The number of benzene rings is 1. The topological polar surface area (TPSA) is 52.6 Å². The van der Waals surface area contributed by atoms with Crippen molar-refractivity contribution >= 4 is 11.6 Å². The molecule has 4 heteroatoms. The van der Waals surface area contributed by atoms with Crippen molar-refractivity contribution in [2.75, 3.05) is 7.11 Å². The molecule has 0 aromatic heterocycles. The Balaban J connectivity index is 2.12. The predicted molar refractivity (Wildman–Crippen MR) is 107 cm³/mol. The van der Waals surface area contributed by atoms with Crippen LogP contribution in [0.25, 0.3) is 0 Å². The Morgan fingerprint density at radius 1 is 1.26 bits per heavy atom. The second-order valence-electron chi connectivity index (χ2n) is 8.33. The van der Waals surface area contributed by atoms with Gasteiger partial charge in [-0.1, -0.05) is 39.8 Å². The highest BCUT2D eigenvalue weighted by Crippen LogP contribution is 2.43. The van der Waals surface area contributed by atoms with Crippen LogP contribution in [-0.2, 0) is 20.9 Å². The molecule has 3 atom stereocenters. The zero-order valence-corrected chi connectivity index (χ0v) is 17.4. The van der Waals surface area contributed by atoms with E-state index in [0.29, 0.717) is 37.7 Å². The van der Waals surface area contributed by atoms with Gasteiger partial charge in [0.25, 0.3) is 0 Å². The molecule has 1 aliphatic rings. The Labute approximate surface area is 163 Å². The van der Waals surface area contributed by atoms with Gasteiger partial charge in [0.15, 0.2) is 0 Å². The SMILES string of the molecule is CCC(=O)C[C@H](OCc1ccc(OC)cc1)[C@@]1(C)CC[C@@H](C(C)C)CC1=O. The Bertz CT molecular complexity index is 634. The van der Waals surface area contributed by atoms with Gasteiger partial charge in [-0.05, 0) is 42.4 Å². The Morgan fingerprint density at radius 2 is 1.93 bits per heavy atom. The van der Waals surface area contributed by atoms with Crippen LogP contribution in [-0.4, -0.2) is 24.8 Å². The number of ether oxygens (including phenoxy) is 2. The van der Waals surface area contributed by atoms with Crippen LogP contribution in [0.15, 0.2) is 24.3 Å². The molecule has 1 aromatic carbocycles. The van der Waals surface area contributed by atoms with Gasteiger partial charge in [0.1, 0.15) is 17.3 Å². The molecule has 27 heavy (non-hydrogen) atoms. The summed E-state index contributed by atoms with van der Waals surface area (Å²) >= 11 is 0. The molecule has 0 aliphatic heterocycles. The third-order valence-corrected chi connectivity index (χ3v) is 6.19. The summed E-state index contributed by atoms with van der Waals surface area (Å²) in [5.41, 5.74) is 0.430. The Morgan fingerprint density at radius 3 is 2.44 bits per heavy atom. The van der Waals surface area contributed by atoms with Crippen molar-refractivity contribution in [3.63, 3.8) is 0 Å². The molecule has 0 saturated heterocycles. The van der Waals surface area contributed by atoms with Crippen LogP contribution in [0, 0.1) is 17.3 Å². The van der Waals surface area contributed by atoms with Gasteiger partial charge in [0.2, 0.25) is 0 Å². The van der Waals surface area contributed by atoms with Gasteiger partial charge in [-0.15, -0.1) is 0 Å². The van der Waals surface area contributed by atoms with E-state index in [1.807, 2.05) is 38.1 Å². The van der Waals surface area contributed by atoms with E-state index in [-0.39, 0.29) is 17.7 Å². The molecule has 1 aliphatic carbocycles. The second-order valence-corrected chi connectivity index (χ2v) is 8.33. The van der Waals surface area contributed by atoms with E-state index in [2.05, 4.69) is 13.8 Å². The van der Waals surface area contributed by atoms with E-state index in [9.17, 15) is 9.59 Å². The highest BCUT2D eigenvalue weighted by Gasteiger charge is 2.46. The molecular formula is C23H34O4. The third-order valence-electron chi connectivity index (χ3n) is 6.19. The average Bonchev–Trinajstić information content (AvgIpc) is 2.67. The van der Waals surface area contributed by atoms with E-state index in [1.54, 1.807) is 7.11 Å². The highest BCUT2D eigenvalue weighted by molar-refractivity contribution is 5.87. The van der Waals surface area contributed by atoms with Crippen molar-refractivity contribution in [2.45, 2.75) is 72.5 Å². The molecule has 0 heterocycles. The lowest BCUT2D eigenvalue weighted by molar-refractivity contribution is -0.148. The summed E-state index contributed by atoms with van der Waals surface area (Å²) in [7, 11) is 1.64. The number of ketones is 2. The fourth-order valence-corrected chi connectivity index (χ4v) is 3.85. The summed E-state index contributed by atoms with van der Waals surface area (Å²) in [5.74, 6) is 2.14. The largest absolute Gasteiger partial charge is 0.497 e. The molecule has 0 bridgehead atoms. The lowest BCUT2D eigenvalue weighted by Crippen LogP contribution is -2.46. The van der Waals surface area contributed by atoms with Gasteiger partial charge in [-0.25, -0.2) is 0 Å². The van der Waals surface area contributed by atoms with Gasteiger partial charge in [-0.2, -0.15) is 0 Å². The van der Waals surface area contributed by atoms with Gasteiger partial charge >= 0.3 is 0 Å². The number of carbonyl (C=O) groups is 2. The summed E-state index contributed by atoms with van der Waals surface area (Å²) in [6.45, 7) is 8.61. The zero-order chi connectivity index (χ0) is 20.0. The maximum Gasteiger partial charge on any atom is 0.141 e. The first-order valence-electron chi connectivity index (χ1n) is 10.1. The number of Topliss-reactive ketones (excluding diaryl/α,β-unsaturated/α-hetero) is 2. The molecule has 1 aromatic rings. The van der Waals surface area contributed by atoms with E-state index in [4.69, 9.17) is 9.47 Å². The van der Waals surface area contributed by atoms with Crippen LogP contribution in [0.1, 0.15) is 65.4 Å². The molecule has 150 valence electrons. The zero-order valence-electron chi connectivity index (χ0n) is 17.4. The summed E-state index contributed by atoms with van der Waals surface area (Å²) in [6, 6.07) is 7.70. The highest BCUT2D eigenvalue weighted by atomic mass is 16.5. The fourth-order valence-electron chi connectivity index (χ4n) is 3.85. The first kappa shape index (κ1) is 21.6. The summed E-state index contributed by atoms with van der Waals surface area (Å²) in [4.78, 5) is 25.2. The van der Waals surface area contributed by atoms with E-state index < -0.39 is 5.41 Å². The van der Waals surface area contributed by atoms with Crippen molar-refractivity contribution in [3.8, 4) is 5.75 Å². The molecule has 4 nitrogen and oxygen atoms in total. The normalized spacial score (nSPS) is 24.1. The monoisotopic (exact) mass is 374 g/mol. The van der Waals surface area contributed by atoms with Crippen molar-refractivity contribution in [1.82, 2.24) is 0 Å². The molecule has 1 fully saturated rings. The number of carbonyl (C=O) groups excluding carboxylic acids is 2. The van der Waals surface area contributed by atoms with Crippen LogP contribution < -0.4 is 4.74 Å². The van der Waals surface area contributed by atoms with Gasteiger partial charge in [-0.3, -0.25) is 9.59 Å². The van der Waals surface area contributed by atoms with E-state index in [1.165, 1.54) is 0 Å². The molecule has 2 rings (SSSR count). The van der Waals surface area contributed by atoms with Crippen LogP contribution in [0.4, 0.5) is 0 Å². The molecular weight excluding hydrogens is 340 g/mol. The summed E-state index contributed by atoms with van der Waals surface area (Å²) < 4.78 is 11.4. The lowest BCUT2D eigenvalue weighted by atomic mass is 9.64. The minimum atomic E-state index is -0.581. The van der Waals surface area contributed by atoms with Gasteiger partial charge < -0.3 is 9.47 Å². The first-order valence-corrected chi connectivity index (χ1v) is 10.1. The van der Waals surface area contributed by atoms with Crippen molar-refractivity contribution in [1.29, 1.82) is 0 Å². The Hall–Kier alpha value is -1.68. The van der Waals surface area contributed by atoms with Crippen LogP contribution in [0.5, 0.6) is 5.75 Å². The molecule has 0 amide bonds. The molecule has 0 N–H and O–H groups in total. The van der Waals surface area contributed by atoms with Crippen LogP contribution in [0.2, 0.25) is 0 Å². The quantitative estimate of drug-likeness (QED) is 0.611. The molecule has 1 saturated carbocycles. The van der Waals surface area contributed by atoms with E-state index in [0.717, 1.165) is 24.2 Å². The van der Waals surface area contributed by atoms with E-state index >= 15 is 0 Å². The number of hydrogen-bond donors (Lipinski definition) is 0. The maximum atomic E-state index is 13.0. The fraction of sp³-hybridized carbons (Fsp3) is 0.652. The minimum Gasteiger partial charge on any atom is -0.497 e. The maximum absolute atomic E-state index is 13.0. The number of hydrogen-bond acceptors (Lipinski definition) is 4. The third kappa shape index (κ3) is 5.41. The minimum absolute atomic E-state index is 0.148. The van der Waals surface area contributed by atoms with Crippen molar-refractivity contribution in [2.24, 2.45) is 17.3 Å². The van der Waals surface area contributed by atoms with Gasteiger partial charge in [0, 0.05) is 19.3 Å². The van der Waals surface area contributed by atoms with Crippen LogP contribution >= 0.6 is 0 Å². The predicted octanol–water partition coefficient (Wildman–Crippen LogP) is 4.98. The standard InChI is InChI=1S/C23H34O4/c1-6-19(24)14-22(27-15-17-7-9-20(26-5)10-8-17)23(4)12-11-18(16(2)3)13-21(23)25/h7-10,16,18,22H,6,11-15H2,1-5H3/t18-,22+,23+/m1/s1.